The number of anilines is 1. The van der Waals surface area contributed by atoms with Crippen LogP contribution >= 0.6 is 15.9 Å². The third-order valence-electron chi connectivity index (χ3n) is 2.84. The van der Waals surface area contributed by atoms with Crippen LogP contribution in [-0.4, -0.2) is 43.5 Å². The third-order valence-corrected chi connectivity index (χ3v) is 3.73. The Morgan fingerprint density at radius 1 is 1.35 bits per heavy atom. The number of esters is 1. The summed E-state index contributed by atoms with van der Waals surface area (Å²) in [7, 11) is 1.33. The van der Waals surface area contributed by atoms with Gasteiger partial charge in [-0.2, -0.15) is 0 Å². The van der Waals surface area contributed by atoms with Crippen molar-refractivity contribution in [3.05, 3.63) is 28.2 Å². The lowest BCUT2D eigenvalue weighted by molar-refractivity contribution is -0.142. The zero-order valence-electron chi connectivity index (χ0n) is 11.9. The number of carbonyl (C=O) groups excluding carboxylic acids is 2. The van der Waals surface area contributed by atoms with Gasteiger partial charge < -0.3 is 10.1 Å². The van der Waals surface area contributed by atoms with Crippen LogP contribution in [0, 0.1) is 6.92 Å². The van der Waals surface area contributed by atoms with Crippen molar-refractivity contribution in [2.45, 2.75) is 13.8 Å². The molecule has 0 unspecified atom stereocenters. The van der Waals surface area contributed by atoms with Gasteiger partial charge in [-0.1, -0.05) is 22.9 Å². The van der Waals surface area contributed by atoms with Crippen molar-refractivity contribution in [1.82, 2.24) is 4.90 Å². The molecular weight excluding hydrogens is 324 g/mol. The standard InChI is InChI=1S/C14H19BrN2O3/c1-4-17(9-14(19)20-3)8-13(18)16-11-5-6-12(15)10(2)7-11/h5-7H,4,8-9H2,1-3H3,(H,16,18). The lowest BCUT2D eigenvalue weighted by Gasteiger charge is -2.18. The predicted molar refractivity (Wildman–Crippen MR) is 81.6 cm³/mol. The number of methoxy groups -OCH3 is 1. The van der Waals surface area contributed by atoms with Crippen molar-refractivity contribution >= 4 is 33.5 Å². The molecule has 5 nitrogen and oxygen atoms in total. The molecule has 1 N–H and O–H groups in total. The number of amides is 1. The van der Waals surface area contributed by atoms with Gasteiger partial charge in [-0.25, -0.2) is 0 Å². The van der Waals surface area contributed by atoms with Gasteiger partial charge in [0.1, 0.15) is 0 Å². The van der Waals surface area contributed by atoms with Crippen molar-refractivity contribution < 1.29 is 14.3 Å². The van der Waals surface area contributed by atoms with Crippen molar-refractivity contribution in [2.75, 3.05) is 32.1 Å². The van der Waals surface area contributed by atoms with E-state index in [0.717, 1.165) is 15.7 Å². The molecule has 0 saturated heterocycles. The fraction of sp³-hybridized carbons (Fsp3) is 0.429. The maximum Gasteiger partial charge on any atom is 0.319 e. The number of hydrogen-bond donors (Lipinski definition) is 1. The zero-order valence-corrected chi connectivity index (χ0v) is 13.5. The van der Waals surface area contributed by atoms with E-state index in [4.69, 9.17) is 0 Å². The van der Waals surface area contributed by atoms with Crippen molar-refractivity contribution in [2.24, 2.45) is 0 Å². The smallest absolute Gasteiger partial charge is 0.319 e. The number of hydrogen-bond acceptors (Lipinski definition) is 4. The number of likely N-dealkylation sites (N-methyl/N-ethyl adjacent to an activating group) is 1. The van der Waals surface area contributed by atoms with Crippen LogP contribution in [0.2, 0.25) is 0 Å². The largest absolute Gasteiger partial charge is 0.468 e. The fourth-order valence-corrected chi connectivity index (χ4v) is 1.90. The van der Waals surface area contributed by atoms with E-state index in [0.29, 0.717) is 6.54 Å². The van der Waals surface area contributed by atoms with Gasteiger partial charge in [-0.05, 0) is 37.2 Å². The van der Waals surface area contributed by atoms with Crippen molar-refractivity contribution in [3.63, 3.8) is 0 Å². The normalized spacial score (nSPS) is 10.4. The summed E-state index contributed by atoms with van der Waals surface area (Å²) >= 11 is 3.41. The van der Waals surface area contributed by atoms with E-state index in [1.54, 1.807) is 4.90 Å². The van der Waals surface area contributed by atoms with E-state index in [-0.39, 0.29) is 25.0 Å². The lowest BCUT2D eigenvalue weighted by atomic mass is 10.2. The van der Waals surface area contributed by atoms with Gasteiger partial charge in [0.15, 0.2) is 0 Å². The average Bonchev–Trinajstić information content (AvgIpc) is 2.41. The molecule has 0 heterocycles. The van der Waals surface area contributed by atoms with Crippen LogP contribution < -0.4 is 5.32 Å². The molecule has 0 bridgehead atoms. The highest BCUT2D eigenvalue weighted by Crippen LogP contribution is 2.19. The summed E-state index contributed by atoms with van der Waals surface area (Å²) in [6.45, 7) is 4.71. The summed E-state index contributed by atoms with van der Waals surface area (Å²) in [5.74, 6) is -0.503. The average molecular weight is 343 g/mol. The molecule has 0 atom stereocenters. The first-order valence-corrected chi connectivity index (χ1v) is 7.10. The van der Waals surface area contributed by atoms with Gasteiger partial charge in [0, 0.05) is 10.2 Å². The molecule has 1 aromatic carbocycles. The molecular formula is C14H19BrN2O3. The Bertz CT molecular complexity index is 491. The Morgan fingerprint density at radius 2 is 2.05 bits per heavy atom. The Hall–Kier alpha value is -1.40. The summed E-state index contributed by atoms with van der Waals surface area (Å²) in [5.41, 5.74) is 1.79. The summed E-state index contributed by atoms with van der Waals surface area (Å²) < 4.78 is 5.59. The van der Waals surface area contributed by atoms with Crippen LogP contribution in [0.5, 0.6) is 0 Å². The maximum atomic E-state index is 11.9. The number of nitrogens with zero attached hydrogens (tertiary/aromatic N) is 1. The first-order chi connectivity index (χ1) is 9.46. The number of rotatable bonds is 6. The van der Waals surface area contributed by atoms with Crippen LogP contribution in [0.1, 0.15) is 12.5 Å². The minimum Gasteiger partial charge on any atom is -0.468 e. The number of benzene rings is 1. The van der Waals surface area contributed by atoms with Gasteiger partial charge in [-0.3, -0.25) is 14.5 Å². The van der Waals surface area contributed by atoms with Crippen molar-refractivity contribution in [3.8, 4) is 0 Å². The molecule has 0 radical (unpaired) electrons. The Labute approximate surface area is 127 Å². The molecule has 0 fully saturated rings. The molecule has 0 aliphatic rings. The number of aryl methyl sites for hydroxylation is 1. The summed E-state index contributed by atoms with van der Waals surface area (Å²) in [6.07, 6.45) is 0. The minimum atomic E-state index is -0.348. The molecule has 20 heavy (non-hydrogen) atoms. The molecule has 0 saturated carbocycles. The Kier molecular flexibility index (Phi) is 6.67. The van der Waals surface area contributed by atoms with E-state index in [2.05, 4.69) is 26.0 Å². The monoisotopic (exact) mass is 342 g/mol. The van der Waals surface area contributed by atoms with E-state index in [1.807, 2.05) is 32.0 Å². The molecule has 1 rings (SSSR count). The molecule has 0 aromatic heterocycles. The number of ether oxygens (including phenoxy) is 1. The summed E-state index contributed by atoms with van der Waals surface area (Å²) in [6, 6.07) is 5.60. The highest BCUT2D eigenvalue weighted by atomic mass is 79.9. The molecule has 110 valence electrons. The molecule has 1 amide bonds. The number of carbonyl (C=O) groups is 2. The molecule has 6 heteroatoms. The SMILES string of the molecule is CCN(CC(=O)Nc1ccc(Br)c(C)c1)CC(=O)OC. The number of nitrogens with one attached hydrogen (secondary N) is 1. The van der Waals surface area contributed by atoms with Gasteiger partial charge in [0.2, 0.25) is 5.91 Å². The highest BCUT2D eigenvalue weighted by molar-refractivity contribution is 9.10. The van der Waals surface area contributed by atoms with Crippen LogP contribution in [0.15, 0.2) is 22.7 Å². The molecule has 1 aromatic rings. The topological polar surface area (TPSA) is 58.6 Å². The van der Waals surface area contributed by atoms with E-state index in [9.17, 15) is 9.59 Å². The Balaban J connectivity index is 2.57. The van der Waals surface area contributed by atoms with Crippen LogP contribution in [0.3, 0.4) is 0 Å². The number of halogens is 1. The van der Waals surface area contributed by atoms with Gasteiger partial charge in [-0.15, -0.1) is 0 Å². The fourth-order valence-electron chi connectivity index (χ4n) is 1.65. The first-order valence-electron chi connectivity index (χ1n) is 6.31. The van der Waals surface area contributed by atoms with Gasteiger partial charge >= 0.3 is 5.97 Å². The molecule has 0 aliphatic carbocycles. The van der Waals surface area contributed by atoms with Gasteiger partial charge in [0.05, 0.1) is 20.2 Å². The van der Waals surface area contributed by atoms with Crippen molar-refractivity contribution in [1.29, 1.82) is 0 Å². The van der Waals surface area contributed by atoms with Gasteiger partial charge in [0.25, 0.3) is 0 Å². The second kappa shape index (κ2) is 8.01. The predicted octanol–water partition coefficient (Wildman–Crippen LogP) is 2.19. The molecule has 0 aliphatic heterocycles. The van der Waals surface area contributed by atoms with E-state index < -0.39 is 0 Å². The first kappa shape index (κ1) is 16.7. The van der Waals surface area contributed by atoms with Crippen LogP contribution in [0.4, 0.5) is 5.69 Å². The quantitative estimate of drug-likeness (QED) is 0.805. The summed E-state index contributed by atoms with van der Waals surface area (Å²) in [4.78, 5) is 24.8. The maximum absolute atomic E-state index is 11.9. The molecule has 0 spiro atoms. The minimum absolute atomic E-state index is 0.111. The van der Waals surface area contributed by atoms with Crippen LogP contribution in [0.25, 0.3) is 0 Å². The highest BCUT2D eigenvalue weighted by Gasteiger charge is 2.13. The lowest BCUT2D eigenvalue weighted by Crippen LogP contribution is -2.37. The summed E-state index contributed by atoms with van der Waals surface area (Å²) in [5, 5.41) is 2.81. The second-order valence-corrected chi connectivity index (χ2v) is 5.25. The zero-order chi connectivity index (χ0) is 15.1. The van der Waals surface area contributed by atoms with Crippen LogP contribution in [-0.2, 0) is 14.3 Å². The third kappa shape index (κ3) is 5.30. The van der Waals surface area contributed by atoms with E-state index in [1.165, 1.54) is 7.11 Å². The Morgan fingerprint density at radius 3 is 2.60 bits per heavy atom. The van der Waals surface area contributed by atoms with E-state index >= 15 is 0 Å². The second-order valence-electron chi connectivity index (χ2n) is 4.39.